The first-order chi connectivity index (χ1) is 9.40. The summed E-state index contributed by atoms with van der Waals surface area (Å²) in [5, 5.41) is 0. The Morgan fingerprint density at radius 2 is 1.80 bits per heavy atom. The number of Topliss-reactive ketones (excluding diaryl/α,β-unsaturated/α-hetero) is 1. The van der Waals surface area contributed by atoms with Crippen molar-refractivity contribution in [1.82, 2.24) is 4.98 Å². The zero-order valence-corrected chi connectivity index (χ0v) is 11.9. The summed E-state index contributed by atoms with van der Waals surface area (Å²) in [6, 6.07) is 9.10. The van der Waals surface area contributed by atoms with E-state index in [1.165, 1.54) is 31.2 Å². The molecule has 6 heteroatoms. The molecule has 0 radical (unpaired) electrons. The molecule has 5 nitrogen and oxygen atoms in total. The Hall–Kier alpha value is -2.21. The third-order valence-electron chi connectivity index (χ3n) is 2.82. The number of nitrogens with zero attached hydrogens (tertiary/aromatic N) is 1. The fourth-order valence-electron chi connectivity index (χ4n) is 1.66. The van der Waals surface area contributed by atoms with Crippen molar-refractivity contribution in [3.8, 4) is 0 Å². The fourth-order valence-corrected chi connectivity index (χ4v) is 2.78. The van der Waals surface area contributed by atoms with Gasteiger partial charge < -0.3 is 0 Å². The number of hydrogen-bond acceptors (Lipinski definition) is 4. The highest BCUT2D eigenvalue weighted by molar-refractivity contribution is 7.92. The number of sulfonamides is 1. The Bertz CT molecular complexity index is 737. The molecular formula is C14H14N2O3S. The van der Waals surface area contributed by atoms with Crippen molar-refractivity contribution in [1.29, 1.82) is 0 Å². The molecule has 0 aliphatic rings. The van der Waals surface area contributed by atoms with E-state index in [2.05, 4.69) is 9.71 Å². The number of ketones is 1. The Labute approximate surface area is 117 Å². The monoisotopic (exact) mass is 290 g/mol. The van der Waals surface area contributed by atoms with Crippen LogP contribution in [-0.2, 0) is 10.0 Å². The lowest BCUT2D eigenvalue weighted by Crippen LogP contribution is -2.14. The van der Waals surface area contributed by atoms with Crippen LogP contribution in [0.5, 0.6) is 0 Å². The Morgan fingerprint density at radius 1 is 1.15 bits per heavy atom. The number of aromatic nitrogens is 1. The van der Waals surface area contributed by atoms with E-state index in [0.29, 0.717) is 16.9 Å². The van der Waals surface area contributed by atoms with Crippen molar-refractivity contribution >= 4 is 21.5 Å². The number of carbonyl (C=O) groups excluding carboxylic acids is 1. The molecule has 1 aromatic heterocycles. The fraction of sp³-hybridized carbons (Fsp3) is 0.143. The summed E-state index contributed by atoms with van der Waals surface area (Å²) in [6.45, 7) is 3.15. The molecule has 104 valence electrons. The molecule has 2 rings (SSSR count). The van der Waals surface area contributed by atoms with Crippen LogP contribution in [0.1, 0.15) is 23.0 Å². The summed E-state index contributed by atoms with van der Waals surface area (Å²) in [6.07, 6.45) is 1.59. The number of anilines is 1. The first kappa shape index (κ1) is 14.2. The van der Waals surface area contributed by atoms with E-state index in [1.807, 2.05) is 0 Å². The van der Waals surface area contributed by atoms with Gasteiger partial charge in [-0.15, -0.1) is 0 Å². The number of aryl methyl sites for hydroxylation is 1. The highest BCUT2D eigenvalue weighted by Gasteiger charge is 2.15. The minimum absolute atomic E-state index is 0.103. The van der Waals surface area contributed by atoms with Crippen LogP contribution in [0.4, 0.5) is 5.69 Å². The van der Waals surface area contributed by atoms with Crippen LogP contribution < -0.4 is 4.72 Å². The molecule has 0 aliphatic carbocycles. The third-order valence-corrected chi connectivity index (χ3v) is 4.20. The topological polar surface area (TPSA) is 76.1 Å². The van der Waals surface area contributed by atoms with Crippen LogP contribution in [0.25, 0.3) is 0 Å². The lowest BCUT2D eigenvalue weighted by molar-refractivity contribution is 0.101. The van der Waals surface area contributed by atoms with E-state index in [1.54, 1.807) is 25.3 Å². The minimum Gasteiger partial charge on any atom is -0.295 e. The van der Waals surface area contributed by atoms with Crippen LogP contribution in [0.2, 0.25) is 0 Å². The average Bonchev–Trinajstić information content (AvgIpc) is 2.41. The van der Waals surface area contributed by atoms with Gasteiger partial charge in [-0.25, -0.2) is 8.42 Å². The van der Waals surface area contributed by atoms with E-state index >= 15 is 0 Å². The Balaban J connectivity index is 2.31. The zero-order valence-electron chi connectivity index (χ0n) is 11.1. The van der Waals surface area contributed by atoms with E-state index in [-0.39, 0.29) is 10.7 Å². The molecule has 0 fully saturated rings. The maximum Gasteiger partial charge on any atom is 0.261 e. The van der Waals surface area contributed by atoms with Crippen LogP contribution in [0, 0.1) is 6.92 Å². The van der Waals surface area contributed by atoms with E-state index in [0.717, 1.165) is 0 Å². The smallest absolute Gasteiger partial charge is 0.261 e. The van der Waals surface area contributed by atoms with E-state index < -0.39 is 10.0 Å². The molecule has 0 amide bonds. The molecule has 0 bridgehead atoms. The van der Waals surface area contributed by atoms with Gasteiger partial charge in [0.1, 0.15) is 0 Å². The standard InChI is InChI=1S/C14H14N2O3S/c1-10-14(4-3-9-15-10)16-20(18,19)13-7-5-12(6-8-13)11(2)17/h3-9,16H,1-2H3. The average molecular weight is 290 g/mol. The molecule has 1 N–H and O–H groups in total. The van der Waals surface area contributed by atoms with Gasteiger partial charge in [0, 0.05) is 11.8 Å². The molecule has 20 heavy (non-hydrogen) atoms. The van der Waals surface area contributed by atoms with Crippen molar-refractivity contribution in [2.75, 3.05) is 4.72 Å². The van der Waals surface area contributed by atoms with E-state index in [9.17, 15) is 13.2 Å². The number of benzene rings is 1. The lowest BCUT2D eigenvalue weighted by Gasteiger charge is -2.09. The second-order valence-electron chi connectivity index (χ2n) is 4.32. The number of pyridine rings is 1. The van der Waals surface area contributed by atoms with Crippen LogP contribution in [-0.4, -0.2) is 19.2 Å². The highest BCUT2D eigenvalue weighted by atomic mass is 32.2. The maximum atomic E-state index is 12.2. The van der Waals surface area contributed by atoms with Crippen molar-refractivity contribution in [3.63, 3.8) is 0 Å². The lowest BCUT2D eigenvalue weighted by atomic mass is 10.2. The largest absolute Gasteiger partial charge is 0.295 e. The summed E-state index contributed by atoms with van der Waals surface area (Å²) in [4.78, 5) is 15.3. The second kappa shape index (κ2) is 5.42. The quantitative estimate of drug-likeness (QED) is 0.877. The summed E-state index contributed by atoms with van der Waals surface area (Å²) < 4.78 is 26.9. The van der Waals surface area contributed by atoms with Crippen LogP contribution >= 0.6 is 0 Å². The third kappa shape index (κ3) is 3.03. The molecule has 0 unspecified atom stereocenters. The molecule has 0 atom stereocenters. The van der Waals surface area contributed by atoms with Gasteiger partial charge in [-0.2, -0.15) is 0 Å². The highest BCUT2D eigenvalue weighted by Crippen LogP contribution is 2.18. The summed E-state index contributed by atoms with van der Waals surface area (Å²) >= 11 is 0. The number of rotatable bonds is 4. The maximum absolute atomic E-state index is 12.2. The van der Waals surface area contributed by atoms with Gasteiger partial charge in [-0.05, 0) is 38.1 Å². The van der Waals surface area contributed by atoms with Crippen molar-refractivity contribution in [2.24, 2.45) is 0 Å². The summed E-state index contributed by atoms with van der Waals surface area (Å²) in [5.74, 6) is -0.106. The first-order valence-electron chi connectivity index (χ1n) is 5.95. The Kier molecular flexibility index (Phi) is 3.85. The zero-order chi connectivity index (χ0) is 14.8. The van der Waals surface area contributed by atoms with Gasteiger partial charge in [0.2, 0.25) is 0 Å². The number of hydrogen-bond donors (Lipinski definition) is 1. The summed E-state index contributed by atoms with van der Waals surface area (Å²) in [7, 11) is -3.68. The molecule has 1 heterocycles. The molecule has 1 aromatic carbocycles. The SMILES string of the molecule is CC(=O)c1ccc(S(=O)(=O)Nc2cccnc2C)cc1. The van der Waals surface area contributed by atoms with Crippen molar-refractivity contribution in [2.45, 2.75) is 18.7 Å². The molecule has 0 aliphatic heterocycles. The Morgan fingerprint density at radius 3 is 2.35 bits per heavy atom. The molecule has 0 saturated heterocycles. The second-order valence-corrected chi connectivity index (χ2v) is 6.00. The van der Waals surface area contributed by atoms with Gasteiger partial charge >= 0.3 is 0 Å². The minimum atomic E-state index is -3.68. The number of carbonyl (C=O) groups is 1. The van der Waals surface area contributed by atoms with Crippen LogP contribution in [0.3, 0.4) is 0 Å². The van der Waals surface area contributed by atoms with Gasteiger partial charge in [-0.3, -0.25) is 14.5 Å². The van der Waals surface area contributed by atoms with Gasteiger partial charge in [0.05, 0.1) is 16.3 Å². The first-order valence-corrected chi connectivity index (χ1v) is 7.44. The normalized spacial score (nSPS) is 11.1. The molecular weight excluding hydrogens is 276 g/mol. The molecule has 0 saturated carbocycles. The van der Waals surface area contributed by atoms with Gasteiger partial charge in [0.15, 0.2) is 5.78 Å². The molecule has 2 aromatic rings. The number of nitrogens with one attached hydrogen (secondary N) is 1. The van der Waals surface area contributed by atoms with E-state index in [4.69, 9.17) is 0 Å². The van der Waals surface area contributed by atoms with Gasteiger partial charge in [-0.1, -0.05) is 12.1 Å². The van der Waals surface area contributed by atoms with Crippen molar-refractivity contribution in [3.05, 3.63) is 53.9 Å². The summed E-state index contributed by atoms with van der Waals surface area (Å²) in [5.41, 5.74) is 1.50. The van der Waals surface area contributed by atoms with Gasteiger partial charge in [0.25, 0.3) is 10.0 Å². The molecule has 0 spiro atoms. The van der Waals surface area contributed by atoms with Crippen LogP contribution in [0.15, 0.2) is 47.5 Å². The van der Waals surface area contributed by atoms with Crippen molar-refractivity contribution < 1.29 is 13.2 Å². The predicted molar refractivity (Wildman–Crippen MR) is 76.2 cm³/mol. The predicted octanol–water partition coefficient (Wildman–Crippen LogP) is 2.39.